The van der Waals surface area contributed by atoms with E-state index in [0.717, 1.165) is 36.4 Å². The third-order valence-electron chi connectivity index (χ3n) is 8.13. The van der Waals surface area contributed by atoms with Crippen molar-refractivity contribution in [2.75, 3.05) is 6.54 Å². The van der Waals surface area contributed by atoms with Crippen molar-refractivity contribution in [3.8, 4) is 11.5 Å². The number of ketones is 1. The lowest BCUT2D eigenvalue weighted by Gasteiger charge is -2.63. The molecule has 26 heavy (non-hydrogen) atoms. The number of piperidine rings is 1. The fourth-order valence-electron chi connectivity index (χ4n) is 6.70. The minimum absolute atomic E-state index is 0.0223. The Morgan fingerprint density at radius 1 is 1.31 bits per heavy atom. The number of benzene rings is 1. The largest absolute Gasteiger partial charge is 0.504 e. The molecule has 0 amide bonds. The topological polar surface area (TPSA) is 70.0 Å². The van der Waals surface area contributed by atoms with E-state index in [1.54, 1.807) is 6.07 Å². The van der Waals surface area contributed by atoms with Crippen LogP contribution in [0.2, 0.25) is 0 Å². The van der Waals surface area contributed by atoms with Crippen molar-refractivity contribution in [2.45, 2.75) is 74.7 Å². The summed E-state index contributed by atoms with van der Waals surface area (Å²) in [6, 6.07) is 4.15. The molecule has 138 valence electrons. The Kier molecular flexibility index (Phi) is 2.75. The van der Waals surface area contributed by atoms with Crippen molar-refractivity contribution in [1.29, 1.82) is 0 Å². The van der Waals surface area contributed by atoms with E-state index in [9.17, 15) is 15.0 Å². The zero-order chi connectivity index (χ0) is 17.8. The van der Waals surface area contributed by atoms with Crippen LogP contribution in [0.1, 0.15) is 50.2 Å². The summed E-state index contributed by atoms with van der Waals surface area (Å²) in [7, 11) is 0. The number of phenols is 1. The number of likely N-dealkylation sites (tertiary alicyclic amines) is 1. The molecule has 0 radical (unpaired) electrons. The molecule has 1 saturated heterocycles. The van der Waals surface area contributed by atoms with Crippen LogP contribution in [0.3, 0.4) is 0 Å². The predicted molar refractivity (Wildman–Crippen MR) is 94.4 cm³/mol. The molecule has 5 atom stereocenters. The number of rotatable bonds is 2. The standard InChI is InChI=1S/C21H25NO4/c1-11(12-2-3-12)22-9-8-20-17-13-4-5-14(23)18(17)26-19(20)15(24)6-7-21(20,25)16(22)10-13/h4-5,11-12,16,19,23,25H,2-3,6-10H2,1H3/t11?,16?,19-,20-,21+/m0/s1. The van der Waals surface area contributed by atoms with E-state index in [0.29, 0.717) is 24.6 Å². The number of ether oxygens (including phenoxy) is 1. The lowest BCUT2D eigenvalue weighted by atomic mass is 9.49. The second-order valence-corrected chi connectivity index (χ2v) is 9.09. The summed E-state index contributed by atoms with van der Waals surface area (Å²) in [6.45, 7) is 3.18. The summed E-state index contributed by atoms with van der Waals surface area (Å²) in [5, 5.41) is 22.5. The van der Waals surface area contributed by atoms with Crippen molar-refractivity contribution in [1.82, 2.24) is 4.90 Å². The number of phenolic OH excluding ortho intramolecular Hbond substituents is 1. The molecule has 6 rings (SSSR count). The van der Waals surface area contributed by atoms with Gasteiger partial charge in [-0.3, -0.25) is 9.69 Å². The first-order chi connectivity index (χ1) is 12.5. The first-order valence-electron chi connectivity index (χ1n) is 10.0. The first kappa shape index (κ1) is 15.5. The highest BCUT2D eigenvalue weighted by Gasteiger charge is 2.73. The molecule has 5 heteroatoms. The van der Waals surface area contributed by atoms with Crippen LogP contribution in [0.5, 0.6) is 11.5 Å². The fraction of sp³-hybridized carbons (Fsp3) is 0.667. The summed E-state index contributed by atoms with van der Waals surface area (Å²) in [6.07, 6.45) is 4.26. The van der Waals surface area contributed by atoms with E-state index in [1.165, 1.54) is 12.8 Å². The third kappa shape index (κ3) is 1.55. The summed E-state index contributed by atoms with van der Waals surface area (Å²) >= 11 is 0. The second kappa shape index (κ2) is 4.63. The molecular weight excluding hydrogens is 330 g/mol. The monoisotopic (exact) mass is 355 g/mol. The van der Waals surface area contributed by atoms with Crippen LogP contribution in [0.4, 0.5) is 0 Å². The van der Waals surface area contributed by atoms with Crippen molar-refractivity contribution < 1.29 is 19.7 Å². The third-order valence-corrected chi connectivity index (χ3v) is 8.13. The van der Waals surface area contributed by atoms with Gasteiger partial charge in [0, 0.05) is 24.1 Å². The Labute approximate surface area is 152 Å². The van der Waals surface area contributed by atoms with Gasteiger partial charge in [0.25, 0.3) is 0 Å². The number of nitrogens with zero attached hydrogens (tertiary/aromatic N) is 1. The molecular formula is C21H25NO4. The molecule has 2 saturated carbocycles. The van der Waals surface area contributed by atoms with Gasteiger partial charge >= 0.3 is 0 Å². The zero-order valence-electron chi connectivity index (χ0n) is 15.1. The van der Waals surface area contributed by atoms with Gasteiger partial charge in [-0.1, -0.05) is 6.07 Å². The predicted octanol–water partition coefficient (Wildman–Crippen LogP) is 1.91. The van der Waals surface area contributed by atoms with E-state index in [1.807, 2.05) is 6.07 Å². The highest BCUT2D eigenvalue weighted by molar-refractivity contribution is 5.90. The molecule has 1 aromatic rings. The van der Waals surface area contributed by atoms with Gasteiger partial charge in [0.1, 0.15) is 0 Å². The van der Waals surface area contributed by atoms with Gasteiger partial charge in [-0.05, 0) is 63.1 Å². The molecule has 3 fully saturated rings. The molecule has 5 aliphatic rings. The smallest absolute Gasteiger partial charge is 0.174 e. The number of aliphatic hydroxyl groups is 1. The number of Topliss-reactive ketones (excluding diaryl/α,β-unsaturated/α-hetero) is 1. The molecule has 2 heterocycles. The summed E-state index contributed by atoms with van der Waals surface area (Å²) < 4.78 is 6.06. The van der Waals surface area contributed by atoms with Crippen LogP contribution < -0.4 is 4.74 Å². The van der Waals surface area contributed by atoms with Gasteiger partial charge in [-0.25, -0.2) is 0 Å². The molecule has 5 nitrogen and oxygen atoms in total. The second-order valence-electron chi connectivity index (χ2n) is 9.09. The van der Waals surface area contributed by atoms with E-state index in [2.05, 4.69) is 11.8 Å². The highest BCUT2D eigenvalue weighted by Crippen LogP contribution is 2.65. The molecule has 0 aromatic heterocycles. The lowest BCUT2D eigenvalue weighted by Crippen LogP contribution is -2.77. The Morgan fingerprint density at radius 2 is 2.12 bits per heavy atom. The summed E-state index contributed by atoms with van der Waals surface area (Å²) in [5.41, 5.74) is 0.415. The lowest BCUT2D eigenvalue weighted by molar-refractivity contribution is -0.194. The van der Waals surface area contributed by atoms with Gasteiger partial charge < -0.3 is 14.9 Å². The van der Waals surface area contributed by atoms with Crippen molar-refractivity contribution in [3.63, 3.8) is 0 Å². The van der Waals surface area contributed by atoms with E-state index < -0.39 is 17.1 Å². The normalized spacial score (nSPS) is 41.5. The molecule has 2 unspecified atom stereocenters. The van der Waals surface area contributed by atoms with Crippen molar-refractivity contribution >= 4 is 5.78 Å². The maximum Gasteiger partial charge on any atom is 0.174 e. The Bertz CT molecular complexity index is 834. The molecule has 1 spiro atoms. The van der Waals surface area contributed by atoms with E-state index in [-0.39, 0.29) is 17.6 Å². The molecule has 2 aliphatic heterocycles. The number of hydrogen-bond donors (Lipinski definition) is 2. The number of aromatic hydroxyl groups is 1. The SMILES string of the molecule is CC(C1CC1)N1CC[C@]23c4c5ccc(O)c4O[C@H]2C(=O)CC[C@@]3(O)C1C5. The number of carbonyl (C=O) groups excluding carboxylic acids is 1. The fourth-order valence-corrected chi connectivity index (χ4v) is 6.70. The van der Waals surface area contributed by atoms with Crippen LogP contribution >= 0.6 is 0 Å². The zero-order valence-corrected chi connectivity index (χ0v) is 15.1. The Balaban J connectivity index is 1.58. The van der Waals surface area contributed by atoms with Crippen LogP contribution in [0.15, 0.2) is 12.1 Å². The Morgan fingerprint density at radius 3 is 2.88 bits per heavy atom. The van der Waals surface area contributed by atoms with Gasteiger partial charge in [0.2, 0.25) is 0 Å². The number of hydrogen-bond acceptors (Lipinski definition) is 5. The van der Waals surface area contributed by atoms with E-state index in [4.69, 9.17) is 4.74 Å². The quantitative estimate of drug-likeness (QED) is 0.848. The van der Waals surface area contributed by atoms with E-state index >= 15 is 0 Å². The van der Waals surface area contributed by atoms with Crippen LogP contribution in [0, 0.1) is 5.92 Å². The highest BCUT2D eigenvalue weighted by atomic mass is 16.5. The first-order valence-corrected chi connectivity index (χ1v) is 10.0. The van der Waals surface area contributed by atoms with Gasteiger partial charge in [0.05, 0.1) is 11.0 Å². The van der Waals surface area contributed by atoms with Gasteiger partial charge in [0.15, 0.2) is 23.4 Å². The summed E-state index contributed by atoms with van der Waals surface area (Å²) in [4.78, 5) is 15.3. The van der Waals surface area contributed by atoms with Crippen LogP contribution in [-0.2, 0) is 16.6 Å². The van der Waals surface area contributed by atoms with Gasteiger partial charge in [-0.15, -0.1) is 0 Å². The van der Waals surface area contributed by atoms with Gasteiger partial charge in [-0.2, -0.15) is 0 Å². The van der Waals surface area contributed by atoms with Crippen LogP contribution in [0.25, 0.3) is 0 Å². The van der Waals surface area contributed by atoms with Crippen LogP contribution in [-0.4, -0.2) is 51.2 Å². The molecule has 3 aliphatic carbocycles. The average Bonchev–Trinajstić information content (AvgIpc) is 3.39. The minimum Gasteiger partial charge on any atom is -0.504 e. The van der Waals surface area contributed by atoms with Crippen molar-refractivity contribution in [3.05, 3.63) is 23.3 Å². The molecule has 1 aromatic carbocycles. The molecule has 2 N–H and O–H groups in total. The van der Waals surface area contributed by atoms with Crippen molar-refractivity contribution in [2.24, 2.45) is 5.92 Å². The minimum atomic E-state index is -0.959. The molecule has 2 bridgehead atoms. The number of carbonyl (C=O) groups is 1. The summed E-state index contributed by atoms with van der Waals surface area (Å²) in [5.74, 6) is 1.35. The maximum atomic E-state index is 12.8. The Hall–Kier alpha value is -1.59. The average molecular weight is 355 g/mol. The maximum absolute atomic E-state index is 12.8.